The molecule has 1 aromatic heterocycles. The quantitative estimate of drug-likeness (QED) is 0.378. The maximum Gasteiger partial charge on any atom is 0.249 e. The summed E-state index contributed by atoms with van der Waals surface area (Å²) in [5.41, 5.74) is 11.5. The van der Waals surface area contributed by atoms with Gasteiger partial charge in [0, 0.05) is 30.3 Å². The van der Waals surface area contributed by atoms with Crippen molar-refractivity contribution in [1.82, 2.24) is 20.1 Å². The zero-order valence-electron chi connectivity index (χ0n) is 22.6. The average Bonchev–Trinajstić information content (AvgIpc) is 3.29. The molecule has 4 aromatic rings. The van der Waals surface area contributed by atoms with Gasteiger partial charge in [0.1, 0.15) is 12.4 Å². The molecule has 1 aliphatic heterocycles. The van der Waals surface area contributed by atoms with E-state index in [-0.39, 0.29) is 18.2 Å². The predicted molar refractivity (Wildman–Crippen MR) is 153 cm³/mol. The van der Waals surface area contributed by atoms with Crippen LogP contribution in [0.1, 0.15) is 37.8 Å². The second-order valence-corrected chi connectivity index (χ2v) is 10.8. The van der Waals surface area contributed by atoms with Crippen LogP contribution in [0.15, 0.2) is 79.1 Å². The van der Waals surface area contributed by atoms with Crippen LogP contribution >= 0.6 is 0 Å². The zero-order valence-corrected chi connectivity index (χ0v) is 22.6. The fourth-order valence-electron chi connectivity index (χ4n) is 5.11. The van der Waals surface area contributed by atoms with Gasteiger partial charge in [-0.1, -0.05) is 66.7 Å². The van der Waals surface area contributed by atoms with Gasteiger partial charge in [0.05, 0.1) is 6.54 Å². The van der Waals surface area contributed by atoms with Gasteiger partial charge in [0.2, 0.25) is 11.8 Å². The molecule has 39 heavy (non-hydrogen) atoms. The number of hydrogen-bond acceptors (Lipinski definition) is 5. The molecule has 1 atom stereocenters. The summed E-state index contributed by atoms with van der Waals surface area (Å²) in [5.74, 6) is 0.477. The van der Waals surface area contributed by atoms with Crippen molar-refractivity contribution < 1.29 is 9.59 Å². The maximum atomic E-state index is 13.8. The van der Waals surface area contributed by atoms with Gasteiger partial charge in [0.25, 0.3) is 0 Å². The molecule has 0 saturated heterocycles. The molecule has 5 rings (SSSR count). The Kier molecular flexibility index (Phi) is 7.30. The van der Waals surface area contributed by atoms with E-state index in [0.717, 1.165) is 39.3 Å². The van der Waals surface area contributed by atoms with Crippen molar-refractivity contribution in [3.05, 3.63) is 90.3 Å². The zero-order chi connectivity index (χ0) is 27.6. The third-order valence-electron chi connectivity index (χ3n) is 6.99. The van der Waals surface area contributed by atoms with Crippen LogP contribution in [0.4, 0.5) is 5.69 Å². The Morgan fingerprint density at radius 3 is 2.41 bits per heavy atom. The lowest BCUT2D eigenvalue weighted by atomic mass is 9.98. The minimum atomic E-state index is -0.645. The van der Waals surface area contributed by atoms with E-state index in [1.165, 1.54) is 0 Å². The first kappa shape index (κ1) is 26.3. The molecular weight excluding hydrogens is 488 g/mol. The Bertz CT molecular complexity index is 1490. The Morgan fingerprint density at radius 2 is 1.72 bits per heavy atom. The Morgan fingerprint density at radius 1 is 1.03 bits per heavy atom. The summed E-state index contributed by atoms with van der Waals surface area (Å²) in [5, 5.41) is 7.16. The normalized spacial score (nSPS) is 15.5. The number of anilines is 1. The first-order chi connectivity index (χ1) is 18.7. The minimum absolute atomic E-state index is 0.111. The van der Waals surface area contributed by atoms with Crippen molar-refractivity contribution in [3.8, 4) is 22.5 Å². The number of fused-ring (bicyclic) bond motifs is 1. The number of nitrogens with two attached hydrogens (primary N) is 1. The van der Waals surface area contributed by atoms with Crippen LogP contribution in [0, 0.1) is 0 Å². The minimum Gasteiger partial charge on any atom is -0.344 e. The van der Waals surface area contributed by atoms with Crippen molar-refractivity contribution >= 4 is 17.5 Å². The van der Waals surface area contributed by atoms with Crippen molar-refractivity contribution in [3.63, 3.8) is 0 Å². The molecule has 8 nitrogen and oxygen atoms in total. The highest BCUT2D eigenvalue weighted by atomic mass is 16.2. The number of nitrogens with zero attached hydrogens (tertiary/aromatic N) is 4. The van der Waals surface area contributed by atoms with E-state index >= 15 is 0 Å². The van der Waals surface area contributed by atoms with E-state index in [1.807, 2.05) is 55.6 Å². The van der Waals surface area contributed by atoms with Gasteiger partial charge in [-0.3, -0.25) is 9.59 Å². The largest absolute Gasteiger partial charge is 0.344 e. The van der Waals surface area contributed by atoms with E-state index in [2.05, 4.69) is 39.7 Å². The molecule has 200 valence electrons. The van der Waals surface area contributed by atoms with Gasteiger partial charge in [-0.25, -0.2) is 9.67 Å². The molecule has 8 heteroatoms. The highest BCUT2D eigenvalue weighted by Gasteiger charge is 2.32. The number of amides is 2. The topological polar surface area (TPSA) is 106 Å². The monoisotopic (exact) mass is 522 g/mol. The Balaban J connectivity index is 1.41. The number of carbonyl (C=O) groups is 2. The maximum absolute atomic E-state index is 13.8. The van der Waals surface area contributed by atoms with Gasteiger partial charge in [-0.15, -0.1) is 0 Å². The third kappa shape index (κ3) is 5.91. The standard InChI is InChI=1S/C31H34N6O2/c1-31(2,32)18-28(38)35-26-17-16-23-8-4-7-11-27(23)37(30(26)39)19-21-12-14-22(15-13-21)24-9-5-6-10-25(24)29-33-20-34-36(29)3/h4-15,20,26H,16-19,32H2,1-3H3,(H,35,38)/t26-/m1/s1. The first-order valence-electron chi connectivity index (χ1n) is 13.2. The van der Waals surface area contributed by atoms with Crippen LogP contribution in [0.25, 0.3) is 22.5 Å². The van der Waals surface area contributed by atoms with Gasteiger partial charge in [-0.05, 0) is 55.0 Å². The summed E-state index contributed by atoms with van der Waals surface area (Å²) in [6.07, 6.45) is 2.95. The lowest BCUT2D eigenvalue weighted by Crippen LogP contribution is -2.49. The molecule has 3 aromatic carbocycles. The van der Waals surface area contributed by atoms with Crippen LogP contribution in [0.2, 0.25) is 0 Å². The van der Waals surface area contributed by atoms with Crippen LogP contribution in [-0.2, 0) is 29.6 Å². The van der Waals surface area contributed by atoms with Crippen LogP contribution < -0.4 is 16.0 Å². The van der Waals surface area contributed by atoms with Crippen molar-refractivity contribution in [2.24, 2.45) is 12.8 Å². The van der Waals surface area contributed by atoms with Gasteiger partial charge >= 0.3 is 0 Å². The fraction of sp³-hybridized carbons (Fsp3) is 0.290. The number of para-hydroxylation sites is 1. The molecule has 2 amide bonds. The van der Waals surface area contributed by atoms with Crippen molar-refractivity contribution in [2.45, 2.75) is 51.2 Å². The number of nitrogens with one attached hydrogen (secondary N) is 1. The van der Waals surface area contributed by atoms with E-state index in [9.17, 15) is 9.59 Å². The van der Waals surface area contributed by atoms with E-state index in [4.69, 9.17) is 5.73 Å². The number of benzene rings is 3. The smallest absolute Gasteiger partial charge is 0.249 e. The average molecular weight is 523 g/mol. The SMILES string of the molecule is Cn1ncnc1-c1ccccc1-c1ccc(CN2C(=O)[C@H](NC(=O)CC(C)(C)N)CCc3ccccc32)cc1. The molecule has 0 radical (unpaired) electrons. The third-order valence-corrected chi connectivity index (χ3v) is 6.99. The van der Waals surface area contributed by atoms with Crippen molar-refractivity contribution in [2.75, 3.05) is 4.90 Å². The number of hydrogen-bond donors (Lipinski definition) is 2. The molecule has 1 aliphatic rings. The highest BCUT2D eigenvalue weighted by Crippen LogP contribution is 2.32. The van der Waals surface area contributed by atoms with E-state index in [1.54, 1.807) is 29.8 Å². The number of aryl methyl sites for hydroxylation is 2. The van der Waals surface area contributed by atoms with Crippen LogP contribution in [0.5, 0.6) is 0 Å². The van der Waals surface area contributed by atoms with Gasteiger partial charge < -0.3 is 16.0 Å². The summed E-state index contributed by atoms with van der Waals surface area (Å²) in [6.45, 7) is 4.01. The highest BCUT2D eigenvalue weighted by molar-refractivity contribution is 6.00. The summed E-state index contributed by atoms with van der Waals surface area (Å²) in [6, 6.07) is 23.7. The van der Waals surface area contributed by atoms with Gasteiger partial charge in [0.15, 0.2) is 5.82 Å². The molecule has 3 N–H and O–H groups in total. The molecule has 0 fully saturated rings. The summed E-state index contributed by atoms with van der Waals surface area (Å²) in [4.78, 5) is 32.7. The molecule has 0 bridgehead atoms. The molecule has 0 unspecified atom stereocenters. The summed E-state index contributed by atoms with van der Waals surface area (Å²) < 4.78 is 1.76. The van der Waals surface area contributed by atoms with E-state index in [0.29, 0.717) is 19.4 Å². The Labute approximate surface area is 228 Å². The lowest BCUT2D eigenvalue weighted by molar-refractivity contribution is -0.128. The molecular formula is C31H34N6O2. The molecule has 2 heterocycles. The number of carbonyl (C=O) groups excluding carboxylic acids is 2. The van der Waals surface area contributed by atoms with Gasteiger partial charge in [-0.2, -0.15) is 5.10 Å². The van der Waals surface area contributed by atoms with Crippen LogP contribution in [0.3, 0.4) is 0 Å². The van der Waals surface area contributed by atoms with Crippen molar-refractivity contribution in [1.29, 1.82) is 0 Å². The number of aromatic nitrogens is 3. The fourth-order valence-corrected chi connectivity index (χ4v) is 5.11. The molecule has 0 saturated carbocycles. The predicted octanol–water partition coefficient (Wildman–Crippen LogP) is 4.24. The second kappa shape index (κ2) is 10.8. The summed E-state index contributed by atoms with van der Waals surface area (Å²) >= 11 is 0. The lowest BCUT2D eigenvalue weighted by Gasteiger charge is -2.27. The number of rotatable bonds is 7. The Hall–Kier alpha value is -4.30. The summed E-state index contributed by atoms with van der Waals surface area (Å²) in [7, 11) is 1.88. The van der Waals surface area contributed by atoms with E-state index < -0.39 is 11.6 Å². The first-order valence-corrected chi connectivity index (χ1v) is 13.2. The second-order valence-electron chi connectivity index (χ2n) is 10.8. The molecule has 0 spiro atoms. The van der Waals surface area contributed by atoms with Crippen LogP contribution in [-0.4, -0.2) is 38.2 Å². The molecule has 0 aliphatic carbocycles.